The van der Waals surface area contributed by atoms with Gasteiger partial charge in [0.15, 0.2) is 8.32 Å². The highest BCUT2D eigenvalue weighted by Crippen LogP contribution is 2.45. The molecule has 0 saturated carbocycles. The second-order valence-electron chi connectivity index (χ2n) is 6.67. The van der Waals surface area contributed by atoms with Crippen molar-refractivity contribution < 1.29 is 4.43 Å². The van der Waals surface area contributed by atoms with Gasteiger partial charge in [-0.3, -0.25) is 0 Å². The fraction of sp³-hybridized carbons (Fsp3) is 0.529. The van der Waals surface area contributed by atoms with E-state index >= 15 is 0 Å². The quantitative estimate of drug-likeness (QED) is 0.639. The fourth-order valence-electron chi connectivity index (χ4n) is 2.72. The lowest BCUT2D eigenvalue weighted by molar-refractivity contribution is 0.227. The van der Waals surface area contributed by atoms with Crippen LogP contribution in [0.1, 0.15) is 50.8 Å². The van der Waals surface area contributed by atoms with E-state index in [0.717, 1.165) is 0 Å². The molecule has 0 N–H and O–H groups in total. The van der Waals surface area contributed by atoms with Crippen molar-refractivity contribution >= 4 is 14.4 Å². The minimum atomic E-state index is -1.74. The van der Waals surface area contributed by atoms with Crippen LogP contribution in [0.25, 0.3) is 6.08 Å². The third-order valence-corrected chi connectivity index (χ3v) is 9.03. The topological polar surface area (TPSA) is 9.23 Å². The van der Waals surface area contributed by atoms with Gasteiger partial charge in [-0.05, 0) is 35.7 Å². The van der Waals surface area contributed by atoms with Crippen LogP contribution < -0.4 is 0 Å². The first-order chi connectivity index (χ1) is 8.87. The van der Waals surface area contributed by atoms with Crippen LogP contribution in [0.2, 0.25) is 18.1 Å². The predicted octanol–water partition coefficient (Wildman–Crippen LogP) is 5.56. The third kappa shape index (κ3) is 2.85. The zero-order valence-electron chi connectivity index (χ0n) is 12.9. The van der Waals surface area contributed by atoms with Gasteiger partial charge < -0.3 is 4.43 Å². The average molecular weight is 274 g/mol. The van der Waals surface area contributed by atoms with Crippen LogP contribution in [-0.4, -0.2) is 8.32 Å². The van der Waals surface area contributed by atoms with E-state index in [2.05, 4.69) is 70.3 Å². The zero-order chi connectivity index (χ0) is 14.1. The Kier molecular flexibility index (Phi) is 4.02. The summed E-state index contributed by atoms with van der Waals surface area (Å²) < 4.78 is 6.59. The molecule has 1 nitrogen and oxygen atoms in total. The van der Waals surface area contributed by atoms with Crippen LogP contribution in [0, 0.1) is 0 Å². The van der Waals surface area contributed by atoms with E-state index in [1.807, 2.05) is 0 Å². The molecule has 0 fully saturated rings. The second kappa shape index (κ2) is 5.26. The number of fused-ring (bicyclic) bond motifs is 1. The summed E-state index contributed by atoms with van der Waals surface area (Å²) in [6.45, 7) is 11.7. The molecule has 2 rings (SSSR count). The first-order valence-electron chi connectivity index (χ1n) is 7.32. The highest BCUT2D eigenvalue weighted by atomic mass is 28.4. The highest BCUT2D eigenvalue weighted by Gasteiger charge is 2.42. The SMILES string of the molecule is CCCC(C)(C)[Si](C)(C)O[C@H]1C=Cc2ccccc21. The fourth-order valence-corrected chi connectivity index (χ4v) is 4.73. The van der Waals surface area contributed by atoms with Gasteiger partial charge in [0.2, 0.25) is 0 Å². The maximum Gasteiger partial charge on any atom is 0.193 e. The van der Waals surface area contributed by atoms with Crippen molar-refractivity contribution in [2.75, 3.05) is 0 Å². The molecular weight excluding hydrogens is 248 g/mol. The molecule has 0 unspecified atom stereocenters. The van der Waals surface area contributed by atoms with Crippen molar-refractivity contribution in [2.45, 2.75) is 57.8 Å². The van der Waals surface area contributed by atoms with E-state index in [1.54, 1.807) is 0 Å². The average Bonchev–Trinajstić information content (AvgIpc) is 2.72. The summed E-state index contributed by atoms with van der Waals surface area (Å²) >= 11 is 0. The Morgan fingerprint density at radius 1 is 1.21 bits per heavy atom. The van der Waals surface area contributed by atoms with Gasteiger partial charge in [-0.15, -0.1) is 0 Å². The molecule has 0 aromatic heterocycles. The van der Waals surface area contributed by atoms with E-state index in [1.165, 1.54) is 24.0 Å². The first kappa shape index (κ1) is 14.5. The second-order valence-corrected chi connectivity index (χ2v) is 11.3. The lowest BCUT2D eigenvalue weighted by Crippen LogP contribution is -2.43. The molecule has 0 radical (unpaired) electrons. The van der Waals surface area contributed by atoms with E-state index in [9.17, 15) is 0 Å². The summed E-state index contributed by atoms with van der Waals surface area (Å²) in [5.74, 6) is 0. The normalized spacial score (nSPS) is 18.7. The Bertz CT molecular complexity index is 474. The maximum atomic E-state index is 6.59. The molecule has 2 heteroatoms. The molecular formula is C17H26OSi. The standard InChI is InChI=1S/C17H26OSi/c1-6-13-17(2,3)19(4,5)18-16-12-11-14-9-7-8-10-15(14)16/h7-12,16H,6,13H2,1-5H3/t16-/m0/s1. The van der Waals surface area contributed by atoms with Crippen LogP contribution >= 0.6 is 0 Å². The summed E-state index contributed by atoms with van der Waals surface area (Å²) in [5, 5.41) is 0.313. The summed E-state index contributed by atoms with van der Waals surface area (Å²) in [7, 11) is -1.74. The number of rotatable bonds is 5. The van der Waals surface area contributed by atoms with Crippen molar-refractivity contribution in [2.24, 2.45) is 0 Å². The van der Waals surface area contributed by atoms with Crippen LogP contribution in [0.5, 0.6) is 0 Å². The monoisotopic (exact) mass is 274 g/mol. The maximum absolute atomic E-state index is 6.59. The van der Waals surface area contributed by atoms with Crippen molar-refractivity contribution in [3.63, 3.8) is 0 Å². The van der Waals surface area contributed by atoms with Gasteiger partial charge in [0.25, 0.3) is 0 Å². The molecule has 19 heavy (non-hydrogen) atoms. The number of hydrogen-bond donors (Lipinski definition) is 0. The molecule has 104 valence electrons. The molecule has 1 atom stereocenters. The van der Waals surface area contributed by atoms with Crippen LogP contribution in [0.15, 0.2) is 30.3 Å². The lowest BCUT2D eigenvalue weighted by Gasteiger charge is -2.41. The van der Waals surface area contributed by atoms with E-state index in [4.69, 9.17) is 4.43 Å². The van der Waals surface area contributed by atoms with Gasteiger partial charge in [0.05, 0.1) is 6.10 Å². The van der Waals surface area contributed by atoms with Crippen LogP contribution in [-0.2, 0) is 4.43 Å². The van der Waals surface area contributed by atoms with Crippen molar-refractivity contribution in [1.82, 2.24) is 0 Å². The molecule has 1 aromatic carbocycles. The number of hydrogen-bond acceptors (Lipinski definition) is 1. The Morgan fingerprint density at radius 2 is 1.89 bits per heavy atom. The Morgan fingerprint density at radius 3 is 2.58 bits per heavy atom. The third-order valence-electron chi connectivity index (χ3n) is 4.68. The molecule has 0 spiro atoms. The molecule has 0 aliphatic heterocycles. The van der Waals surface area contributed by atoms with Crippen LogP contribution in [0.4, 0.5) is 0 Å². The number of benzene rings is 1. The van der Waals surface area contributed by atoms with Crippen molar-refractivity contribution in [3.8, 4) is 0 Å². The lowest BCUT2D eigenvalue weighted by atomic mass is 10.1. The van der Waals surface area contributed by atoms with Gasteiger partial charge in [0, 0.05) is 0 Å². The summed E-state index contributed by atoms with van der Waals surface area (Å²) in [6, 6.07) is 8.56. The Labute approximate surface area is 118 Å². The van der Waals surface area contributed by atoms with Crippen molar-refractivity contribution in [3.05, 3.63) is 41.5 Å². The molecule has 0 bridgehead atoms. The molecule has 1 aromatic rings. The van der Waals surface area contributed by atoms with Gasteiger partial charge in [-0.25, -0.2) is 0 Å². The van der Waals surface area contributed by atoms with E-state index in [0.29, 0.717) is 5.04 Å². The summed E-state index contributed by atoms with van der Waals surface area (Å²) in [5.41, 5.74) is 2.64. The smallest absolute Gasteiger partial charge is 0.193 e. The van der Waals surface area contributed by atoms with Gasteiger partial charge in [-0.2, -0.15) is 0 Å². The molecule has 0 amide bonds. The first-order valence-corrected chi connectivity index (χ1v) is 10.2. The summed E-state index contributed by atoms with van der Waals surface area (Å²) in [4.78, 5) is 0. The molecule has 0 heterocycles. The van der Waals surface area contributed by atoms with E-state index < -0.39 is 8.32 Å². The van der Waals surface area contributed by atoms with Crippen LogP contribution in [0.3, 0.4) is 0 Å². The molecule has 0 saturated heterocycles. The largest absolute Gasteiger partial charge is 0.406 e. The van der Waals surface area contributed by atoms with Gasteiger partial charge in [-0.1, -0.05) is 63.6 Å². The van der Waals surface area contributed by atoms with Gasteiger partial charge >= 0.3 is 0 Å². The highest BCUT2D eigenvalue weighted by molar-refractivity contribution is 6.74. The van der Waals surface area contributed by atoms with Gasteiger partial charge in [0.1, 0.15) is 0 Å². The van der Waals surface area contributed by atoms with E-state index in [-0.39, 0.29) is 6.10 Å². The molecule has 1 aliphatic rings. The minimum absolute atomic E-state index is 0.161. The minimum Gasteiger partial charge on any atom is -0.406 e. The Hall–Kier alpha value is -0.863. The summed E-state index contributed by atoms with van der Waals surface area (Å²) in [6.07, 6.45) is 7.03. The predicted molar refractivity (Wildman–Crippen MR) is 85.7 cm³/mol. The van der Waals surface area contributed by atoms with Crippen molar-refractivity contribution in [1.29, 1.82) is 0 Å². The molecule has 1 aliphatic carbocycles. The zero-order valence-corrected chi connectivity index (χ0v) is 13.9. The Balaban J connectivity index is 2.16.